The number of carbonyl (C=O) groups is 1. The minimum Gasteiger partial charge on any atom is -0.478 e. The maximum Gasteiger partial charge on any atom is 0.419 e. The first-order valence-corrected chi connectivity index (χ1v) is 7.13. The molecule has 0 aliphatic rings. The molecule has 0 bridgehead atoms. The number of rotatable bonds is 2. The van der Waals surface area contributed by atoms with Gasteiger partial charge in [0.15, 0.2) is 5.82 Å². The summed E-state index contributed by atoms with van der Waals surface area (Å²) in [7, 11) is 0. The van der Waals surface area contributed by atoms with Crippen LogP contribution in [0.15, 0.2) is 29.2 Å². The quantitative estimate of drug-likeness (QED) is 0.743. The van der Waals surface area contributed by atoms with Gasteiger partial charge in [-0.3, -0.25) is 4.79 Å². The van der Waals surface area contributed by atoms with Crippen LogP contribution in [0, 0.1) is 13.8 Å². The average Bonchev–Trinajstić information content (AvgIpc) is 2.90. The van der Waals surface area contributed by atoms with Crippen molar-refractivity contribution in [2.24, 2.45) is 0 Å². The highest BCUT2D eigenvalue weighted by Gasteiger charge is 2.40. The number of aromatic nitrogens is 3. The molecule has 2 N–H and O–H groups in total. The lowest BCUT2D eigenvalue weighted by molar-refractivity contribution is -0.136. The Bertz CT molecular complexity index is 1060. The van der Waals surface area contributed by atoms with Gasteiger partial charge < -0.3 is 10.1 Å². The summed E-state index contributed by atoms with van der Waals surface area (Å²) in [6, 6.07) is 5.18. The molecular weight excluding hydrogens is 339 g/mol. The van der Waals surface area contributed by atoms with Crippen molar-refractivity contribution < 1.29 is 23.1 Å². The third-order valence-electron chi connectivity index (χ3n) is 3.94. The van der Waals surface area contributed by atoms with Crippen LogP contribution in [0.1, 0.15) is 27.0 Å². The van der Waals surface area contributed by atoms with Crippen LogP contribution in [-0.2, 0) is 6.18 Å². The first kappa shape index (κ1) is 16.7. The fourth-order valence-corrected chi connectivity index (χ4v) is 2.56. The highest BCUT2D eigenvalue weighted by molar-refractivity contribution is 5.92. The van der Waals surface area contributed by atoms with Gasteiger partial charge in [0.25, 0.3) is 5.56 Å². The van der Waals surface area contributed by atoms with Gasteiger partial charge in [0, 0.05) is 11.8 Å². The fraction of sp³-hybridized carbons (Fsp3) is 0.188. The molecule has 0 saturated carbocycles. The zero-order chi connectivity index (χ0) is 18.5. The van der Waals surface area contributed by atoms with Crippen LogP contribution in [0.5, 0.6) is 0 Å². The molecule has 3 aromatic rings. The molecule has 130 valence electrons. The molecule has 0 fully saturated rings. The van der Waals surface area contributed by atoms with Gasteiger partial charge in [-0.25, -0.2) is 9.31 Å². The molecule has 6 nitrogen and oxygen atoms in total. The van der Waals surface area contributed by atoms with E-state index in [1.807, 2.05) is 13.8 Å². The molecule has 1 aromatic carbocycles. The second-order valence-electron chi connectivity index (χ2n) is 5.62. The molecule has 2 heterocycles. The SMILES string of the molecule is Cc1ccc(-c2nn3cc(C(=O)O)c(C(F)(F)F)c3c(=O)[nH]2)cc1C. The van der Waals surface area contributed by atoms with Crippen molar-refractivity contribution in [3.8, 4) is 11.4 Å². The van der Waals surface area contributed by atoms with Gasteiger partial charge in [-0.1, -0.05) is 12.1 Å². The third kappa shape index (κ3) is 2.77. The number of carboxylic acids is 1. The van der Waals surface area contributed by atoms with Gasteiger partial charge in [-0.2, -0.15) is 13.2 Å². The van der Waals surface area contributed by atoms with Crippen molar-refractivity contribution in [3.63, 3.8) is 0 Å². The number of nitrogens with one attached hydrogen (secondary N) is 1. The Morgan fingerprint density at radius 1 is 1.24 bits per heavy atom. The van der Waals surface area contributed by atoms with E-state index in [9.17, 15) is 22.8 Å². The van der Waals surface area contributed by atoms with Crippen LogP contribution in [0.4, 0.5) is 13.2 Å². The van der Waals surface area contributed by atoms with Gasteiger partial charge in [0.2, 0.25) is 0 Å². The van der Waals surface area contributed by atoms with Crippen LogP contribution in [0.2, 0.25) is 0 Å². The molecule has 0 atom stereocenters. The summed E-state index contributed by atoms with van der Waals surface area (Å²) in [6.45, 7) is 3.73. The monoisotopic (exact) mass is 351 g/mol. The Morgan fingerprint density at radius 3 is 2.48 bits per heavy atom. The third-order valence-corrected chi connectivity index (χ3v) is 3.94. The van der Waals surface area contributed by atoms with E-state index < -0.39 is 34.3 Å². The molecule has 0 saturated heterocycles. The highest BCUT2D eigenvalue weighted by Crippen LogP contribution is 2.35. The van der Waals surface area contributed by atoms with Crippen molar-refractivity contribution in [1.29, 1.82) is 0 Å². The standard InChI is InChI=1S/C16H12F3N3O3/c1-7-3-4-9(5-8(7)2)13-20-14(23)12-11(16(17,18)19)10(15(24)25)6-22(12)21-13/h3-6H,1-2H3,(H,24,25)(H,20,21,23). The predicted molar refractivity (Wildman–Crippen MR) is 82.7 cm³/mol. The summed E-state index contributed by atoms with van der Waals surface area (Å²) in [5, 5.41) is 13.0. The van der Waals surface area contributed by atoms with Crippen LogP contribution in [-0.4, -0.2) is 25.7 Å². The van der Waals surface area contributed by atoms with E-state index in [0.29, 0.717) is 16.3 Å². The average molecular weight is 351 g/mol. The maximum absolute atomic E-state index is 13.2. The molecule has 25 heavy (non-hydrogen) atoms. The number of aromatic amines is 1. The number of aromatic carboxylic acids is 1. The molecule has 2 aromatic heterocycles. The van der Waals surface area contributed by atoms with Crippen molar-refractivity contribution >= 4 is 11.5 Å². The number of halogens is 3. The maximum atomic E-state index is 13.2. The van der Waals surface area contributed by atoms with E-state index in [4.69, 9.17) is 5.11 Å². The van der Waals surface area contributed by atoms with Gasteiger partial charge in [0.1, 0.15) is 11.1 Å². The fourth-order valence-electron chi connectivity index (χ4n) is 2.56. The molecule has 0 radical (unpaired) electrons. The minimum atomic E-state index is -5.00. The van der Waals surface area contributed by atoms with Crippen LogP contribution >= 0.6 is 0 Å². The van der Waals surface area contributed by atoms with Crippen molar-refractivity contribution in [2.45, 2.75) is 20.0 Å². The van der Waals surface area contributed by atoms with E-state index in [0.717, 1.165) is 11.1 Å². The molecule has 0 amide bonds. The van der Waals surface area contributed by atoms with Gasteiger partial charge in [-0.15, -0.1) is 5.10 Å². The molecule has 0 spiro atoms. The van der Waals surface area contributed by atoms with Crippen molar-refractivity contribution in [3.05, 3.63) is 57.0 Å². The smallest absolute Gasteiger partial charge is 0.419 e. The van der Waals surface area contributed by atoms with E-state index >= 15 is 0 Å². The number of alkyl halides is 3. The minimum absolute atomic E-state index is 0.0428. The number of hydrogen-bond acceptors (Lipinski definition) is 3. The van der Waals surface area contributed by atoms with Crippen LogP contribution in [0.25, 0.3) is 16.9 Å². The number of carboxylic acid groups (broad SMARTS) is 1. The van der Waals surface area contributed by atoms with Gasteiger partial charge in [-0.05, 0) is 31.0 Å². The lowest BCUT2D eigenvalue weighted by Crippen LogP contribution is -2.18. The second-order valence-corrected chi connectivity index (χ2v) is 5.62. The molecular formula is C16H12F3N3O3. The normalized spacial score (nSPS) is 11.9. The molecule has 0 unspecified atom stereocenters. The summed E-state index contributed by atoms with van der Waals surface area (Å²) in [4.78, 5) is 25.6. The Balaban J connectivity index is 2.33. The zero-order valence-corrected chi connectivity index (χ0v) is 13.1. The number of aryl methyl sites for hydroxylation is 2. The molecule has 0 aliphatic carbocycles. The van der Waals surface area contributed by atoms with E-state index in [1.54, 1.807) is 18.2 Å². The molecule has 9 heteroatoms. The van der Waals surface area contributed by atoms with Crippen molar-refractivity contribution in [2.75, 3.05) is 0 Å². The first-order chi connectivity index (χ1) is 11.6. The van der Waals surface area contributed by atoms with Crippen molar-refractivity contribution in [1.82, 2.24) is 14.6 Å². The van der Waals surface area contributed by atoms with Gasteiger partial charge in [0.05, 0.1) is 5.56 Å². The number of H-pyrrole nitrogens is 1. The summed E-state index contributed by atoms with van der Waals surface area (Å²) >= 11 is 0. The zero-order valence-electron chi connectivity index (χ0n) is 13.1. The summed E-state index contributed by atoms with van der Waals surface area (Å²) in [5.41, 5.74) is -2.04. The number of nitrogens with zero attached hydrogens (tertiary/aromatic N) is 2. The lowest BCUT2D eigenvalue weighted by atomic mass is 10.1. The van der Waals surface area contributed by atoms with Crippen LogP contribution in [0.3, 0.4) is 0 Å². The van der Waals surface area contributed by atoms with E-state index in [1.165, 1.54) is 0 Å². The lowest BCUT2D eigenvalue weighted by Gasteiger charge is -2.07. The number of benzene rings is 1. The number of hydrogen-bond donors (Lipinski definition) is 2. The topological polar surface area (TPSA) is 87.5 Å². The summed E-state index contributed by atoms with van der Waals surface area (Å²) in [5.74, 6) is -1.74. The second kappa shape index (κ2) is 5.47. The Kier molecular flexibility index (Phi) is 3.66. The highest BCUT2D eigenvalue weighted by atomic mass is 19.4. The van der Waals surface area contributed by atoms with E-state index in [-0.39, 0.29) is 5.82 Å². The summed E-state index contributed by atoms with van der Waals surface area (Å²) < 4.78 is 40.3. The predicted octanol–water partition coefficient (Wildman–Crippen LogP) is 3.02. The van der Waals surface area contributed by atoms with E-state index in [2.05, 4.69) is 10.1 Å². The van der Waals surface area contributed by atoms with Gasteiger partial charge >= 0.3 is 12.1 Å². The Hall–Kier alpha value is -3.10. The Morgan fingerprint density at radius 2 is 1.92 bits per heavy atom. The largest absolute Gasteiger partial charge is 0.478 e. The number of fused-ring (bicyclic) bond motifs is 1. The summed E-state index contributed by atoms with van der Waals surface area (Å²) in [6.07, 6.45) is -4.31. The molecule has 3 rings (SSSR count). The molecule has 0 aliphatic heterocycles. The Labute approximate surface area is 138 Å². The van der Waals surface area contributed by atoms with Crippen LogP contribution < -0.4 is 5.56 Å². The first-order valence-electron chi connectivity index (χ1n) is 7.13.